The van der Waals surface area contributed by atoms with Crippen molar-refractivity contribution in [3.05, 3.63) is 45.8 Å². The predicted molar refractivity (Wildman–Crippen MR) is 91.9 cm³/mol. The van der Waals surface area contributed by atoms with Gasteiger partial charge < -0.3 is 9.32 Å². The molecule has 110 valence electrons. The van der Waals surface area contributed by atoms with Gasteiger partial charge in [0.2, 0.25) is 0 Å². The molecule has 1 aromatic carbocycles. The normalized spacial score (nSPS) is 14.8. The number of nitrogens with zero attached hydrogens (tertiary/aromatic N) is 1. The summed E-state index contributed by atoms with van der Waals surface area (Å²) < 4.78 is 6.45. The zero-order valence-electron chi connectivity index (χ0n) is 11.9. The van der Waals surface area contributed by atoms with Crippen molar-refractivity contribution in [1.82, 2.24) is 4.90 Å². The molecule has 1 aliphatic rings. The molecule has 1 fully saturated rings. The summed E-state index contributed by atoms with van der Waals surface area (Å²) in [6, 6.07) is 5.67. The first-order chi connectivity index (χ1) is 10.1. The Labute approximate surface area is 133 Å². The van der Waals surface area contributed by atoms with E-state index in [1.807, 2.05) is 25.1 Å². The van der Waals surface area contributed by atoms with Crippen LogP contribution < -0.4 is 5.43 Å². The van der Waals surface area contributed by atoms with Gasteiger partial charge in [0.15, 0.2) is 5.43 Å². The minimum Gasteiger partial charge on any atom is -0.464 e. The van der Waals surface area contributed by atoms with Crippen LogP contribution in [0.2, 0.25) is 0 Å². The summed E-state index contributed by atoms with van der Waals surface area (Å²) in [5.41, 5.74) is 2.44. The Morgan fingerprint density at radius 2 is 2.14 bits per heavy atom. The Morgan fingerprint density at radius 1 is 1.38 bits per heavy atom. The largest absolute Gasteiger partial charge is 0.464 e. The SMILES string of the molecule is Cc1ccc2occ(CSC(=S)N3CCCC3)c(=O)c2c1. The molecule has 0 N–H and O–H groups in total. The van der Waals surface area contributed by atoms with Crippen molar-refractivity contribution in [3.63, 3.8) is 0 Å². The molecule has 3 rings (SSSR count). The topological polar surface area (TPSA) is 33.5 Å². The summed E-state index contributed by atoms with van der Waals surface area (Å²) in [4.78, 5) is 14.7. The predicted octanol–water partition coefficient (Wildman–Crippen LogP) is 3.72. The average Bonchev–Trinajstić information content (AvgIpc) is 3.01. The zero-order chi connectivity index (χ0) is 14.8. The second kappa shape index (κ2) is 6.20. The minimum absolute atomic E-state index is 0.0525. The molecule has 0 aliphatic carbocycles. The van der Waals surface area contributed by atoms with Crippen molar-refractivity contribution < 1.29 is 4.42 Å². The molecule has 0 radical (unpaired) electrons. The molecule has 0 bridgehead atoms. The highest BCUT2D eigenvalue weighted by molar-refractivity contribution is 8.22. The molecule has 2 heterocycles. The van der Waals surface area contributed by atoms with Gasteiger partial charge in [-0.1, -0.05) is 35.6 Å². The Balaban J connectivity index is 1.79. The van der Waals surface area contributed by atoms with E-state index < -0.39 is 0 Å². The molecular weight excluding hydrogens is 302 g/mol. The third-order valence-electron chi connectivity index (χ3n) is 3.71. The molecule has 3 nitrogen and oxygen atoms in total. The van der Waals surface area contributed by atoms with Crippen LogP contribution in [0.3, 0.4) is 0 Å². The van der Waals surface area contributed by atoms with E-state index >= 15 is 0 Å². The number of fused-ring (bicyclic) bond motifs is 1. The van der Waals surface area contributed by atoms with Gasteiger partial charge in [-0.05, 0) is 31.9 Å². The fourth-order valence-electron chi connectivity index (χ4n) is 2.52. The Bertz CT molecular complexity index is 733. The van der Waals surface area contributed by atoms with E-state index in [0.29, 0.717) is 22.3 Å². The highest BCUT2D eigenvalue weighted by Gasteiger charge is 2.16. The maximum absolute atomic E-state index is 12.5. The van der Waals surface area contributed by atoms with Gasteiger partial charge in [-0.25, -0.2) is 0 Å². The second-order valence-corrected chi connectivity index (χ2v) is 6.95. The van der Waals surface area contributed by atoms with E-state index in [1.54, 1.807) is 18.0 Å². The number of hydrogen-bond donors (Lipinski definition) is 0. The number of thioether (sulfide) groups is 1. The molecular formula is C16H17NO2S2. The monoisotopic (exact) mass is 319 g/mol. The molecule has 1 saturated heterocycles. The molecule has 2 aromatic rings. The summed E-state index contributed by atoms with van der Waals surface area (Å²) in [6.45, 7) is 4.05. The van der Waals surface area contributed by atoms with Crippen molar-refractivity contribution >= 4 is 39.3 Å². The van der Waals surface area contributed by atoms with Gasteiger partial charge in [0.25, 0.3) is 0 Å². The fraction of sp³-hybridized carbons (Fsp3) is 0.375. The van der Waals surface area contributed by atoms with E-state index in [2.05, 4.69) is 4.90 Å². The van der Waals surface area contributed by atoms with Gasteiger partial charge >= 0.3 is 0 Å². The lowest BCUT2D eigenvalue weighted by atomic mass is 10.1. The number of likely N-dealkylation sites (tertiary alicyclic amines) is 1. The molecule has 1 aliphatic heterocycles. The molecule has 0 amide bonds. The van der Waals surface area contributed by atoms with Crippen LogP contribution in [0.15, 0.2) is 33.7 Å². The number of aryl methyl sites for hydroxylation is 1. The first-order valence-electron chi connectivity index (χ1n) is 7.08. The van der Waals surface area contributed by atoms with E-state index in [1.165, 1.54) is 12.8 Å². The van der Waals surface area contributed by atoms with Crippen LogP contribution in [-0.2, 0) is 5.75 Å². The third-order valence-corrected chi connectivity index (χ3v) is 5.29. The molecule has 0 unspecified atom stereocenters. The standard InChI is InChI=1S/C16H17NO2S2/c1-11-4-5-14-13(8-11)15(18)12(9-19-14)10-21-16(20)17-6-2-3-7-17/h4-5,8-9H,2-3,6-7,10H2,1H3. The third kappa shape index (κ3) is 3.14. The van der Waals surface area contributed by atoms with Crippen LogP contribution in [-0.4, -0.2) is 22.3 Å². The van der Waals surface area contributed by atoms with E-state index in [4.69, 9.17) is 16.6 Å². The minimum atomic E-state index is 0.0525. The first-order valence-corrected chi connectivity index (χ1v) is 8.47. The molecule has 0 atom stereocenters. The highest BCUT2D eigenvalue weighted by Crippen LogP contribution is 2.20. The maximum atomic E-state index is 12.5. The van der Waals surface area contributed by atoms with E-state index in [-0.39, 0.29) is 5.43 Å². The second-order valence-electron chi connectivity index (χ2n) is 5.34. The summed E-state index contributed by atoms with van der Waals surface area (Å²) in [5, 5.41) is 0.653. The molecule has 5 heteroatoms. The smallest absolute Gasteiger partial charge is 0.196 e. The highest BCUT2D eigenvalue weighted by atomic mass is 32.2. The van der Waals surface area contributed by atoms with Gasteiger partial charge in [0, 0.05) is 24.4 Å². The Morgan fingerprint density at radius 3 is 2.90 bits per heavy atom. The summed E-state index contributed by atoms with van der Waals surface area (Å²) >= 11 is 6.98. The summed E-state index contributed by atoms with van der Waals surface area (Å²) in [6.07, 6.45) is 3.98. The van der Waals surface area contributed by atoms with Crippen molar-refractivity contribution in [3.8, 4) is 0 Å². The van der Waals surface area contributed by atoms with Crippen LogP contribution in [0, 0.1) is 6.92 Å². The number of benzene rings is 1. The van der Waals surface area contributed by atoms with Crippen molar-refractivity contribution in [2.45, 2.75) is 25.5 Å². The lowest BCUT2D eigenvalue weighted by Gasteiger charge is -2.17. The van der Waals surface area contributed by atoms with E-state index in [0.717, 1.165) is 23.0 Å². The van der Waals surface area contributed by atoms with Crippen LogP contribution >= 0.6 is 24.0 Å². The summed E-state index contributed by atoms with van der Waals surface area (Å²) in [7, 11) is 0. The van der Waals surface area contributed by atoms with Gasteiger partial charge in [0.05, 0.1) is 11.6 Å². The maximum Gasteiger partial charge on any atom is 0.196 e. The van der Waals surface area contributed by atoms with Gasteiger partial charge in [-0.15, -0.1) is 0 Å². The molecule has 1 aromatic heterocycles. The average molecular weight is 319 g/mol. The fourth-order valence-corrected chi connectivity index (χ4v) is 3.72. The molecule has 0 spiro atoms. The summed E-state index contributed by atoms with van der Waals surface area (Å²) in [5.74, 6) is 0.571. The van der Waals surface area contributed by atoms with Gasteiger partial charge in [-0.2, -0.15) is 0 Å². The van der Waals surface area contributed by atoms with Gasteiger partial charge in [0.1, 0.15) is 9.90 Å². The van der Waals surface area contributed by atoms with Crippen LogP contribution in [0.25, 0.3) is 11.0 Å². The first kappa shape index (κ1) is 14.6. The Kier molecular flexibility index (Phi) is 4.31. The van der Waals surface area contributed by atoms with Crippen molar-refractivity contribution in [2.75, 3.05) is 13.1 Å². The van der Waals surface area contributed by atoms with Crippen LogP contribution in [0.5, 0.6) is 0 Å². The molecule has 0 saturated carbocycles. The van der Waals surface area contributed by atoms with Crippen LogP contribution in [0.1, 0.15) is 24.0 Å². The van der Waals surface area contributed by atoms with E-state index in [9.17, 15) is 4.79 Å². The van der Waals surface area contributed by atoms with Crippen LogP contribution in [0.4, 0.5) is 0 Å². The Hall–Kier alpha value is -1.33. The number of thiocarbonyl (C=S) groups is 1. The number of hydrogen-bond acceptors (Lipinski definition) is 4. The zero-order valence-corrected chi connectivity index (χ0v) is 13.6. The quantitative estimate of drug-likeness (QED) is 0.788. The lowest BCUT2D eigenvalue weighted by molar-refractivity contribution is 0.539. The molecule has 21 heavy (non-hydrogen) atoms. The lowest BCUT2D eigenvalue weighted by Crippen LogP contribution is -2.23. The van der Waals surface area contributed by atoms with Crippen molar-refractivity contribution in [2.24, 2.45) is 0 Å². The van der Waals surface area contributed by atoms with Gasteiger partial charge in [-0.3, -0.25) is 4.79 Å². The van der Waals surface area contributed by atoms with Crippen molar-refractivity contribution in [1.29, 1.82) is 0 Å². The number of rotatable bonds is 2.